The van der Waals surface area contributed by atoms with E-state index in [1.165, 1.54) is 6.08 Å². The van der Waals surface area contributed by atoms with E-state index in [0.717, 1.165) is 28.5 Å². The maximum Gasteiger partial charge on any atom is 0.249 e. The molecule has 0 fully saturated rings. The van der Waals surface area contributed by atoms with Gasteiger partial charge in [0.25, 0.3) is 0 Å². The van der Waals surface area contributed by atoms with Gasteiger partial charge in [-0.25, -0.2) is 0 Å². The summed E-state index contributed by atoms with van der Waals surface area (Å²) in [5, 5.41) is 12.9. The van der Waals surface area contributed by atoms with Gasteiger partial charge in [0, 0.05) is 22.8 Å². The van der Waals surface area contributed by atoms with Gasteiger partial charge in [0.05, 0.1) is 11.6 Å². The number of nitrogens with one attached hydrogen (secondary N) is 1. The third kappa shape index (κ3) is 4.30. The summed E-state index contributed by atoms with van der Waals surface area (Å²) in [5.41, 5.74) is 3.19. The lowest BCUT2D eigenvalue weighted by Gasteiger charge is -2.08. The van der Waals surface area contributed by atoms with Gasteiger partial charge >= 0.3 is 0 Å². The fraction of sp³-hybridized carbons (Fsp3) is 0.130. The van der Waals surface area contributed by atoms with E-state index in [9.17, 15) is 14.9 Å². The van der Waals surface area contributed by atoms with E-state index in [0.29, 0.717) is 5.69 Å². The van der Waals surface area contributed by atoms with Crippen molar-refractivity contribution in [3.63, 3.8) is 0 Å². The van der Waals surface area contributed by atoms with Crippen LogP contribution < -0.4 is 5.32 Å². The quantitative estimate of drug-likeness (QED) is 0.522. The van der Waals surface area contributed by atoms with Crippen LogP contribution in [0.4, 0.5) is 5.69 Å². The number of fused-ring (bicyclic) bond motifs is 1. The number of benzene rings is 2. The zero-order chi connectivity index (χ0) is 19.9. The predicted molar refractivity (Wildman–Crippen MR) is 109 cm³/mol. The highest BCUT2D eigenvalue weighted by atomic mass is 16.2. The van der Waals surface area contributed by atoms with Crippen molar-refractivity contribution in [1.82, 2.24) is 4.98 Å². The molecule has 5 heteroatoms. The number of para-hydroxylation sites is 1. The Hall–Kier alpha value is -3.78. The average molecular weight is 369 g/mol. The number of anilines is 1. The van der Waals surface area contributed by atoms with Crippen LogP contribution >= 0.6 is 0 Å². The van der Waals surface area contributed by atoms with Crippen molar-refractivity contribution < 1.29 is 9.59 Å². The number of nitriles is 1. The summed E-state index contributed by atoms with van der Waals surface area (Å²) < 4.78 is 0. The molecule has 1 aromatic heterocycles. The molecule has 1 heterocycles. The monoisotopic (exact) mass is 369 g/mol. The summed E-state index contributed by atoms with van der Waals surface area (Å²) in [6.45, 7) is 2.04. The molecule has 138 valence electrons. The van der Waals surface area contributed by atoms with Crippen LogP contribution in [-0.4, -0.2) is 16.7 Å². The Kier molecular flexibility index (Phi) is 5.93. The molecule has 3 aromatic rings. The summed E-state index contributed by atoms with van der Waals surface area (Å²) >= 11 is 0. The molecule has 28 heavy (non-hydrogen) atoms. The minimum Gasteiger partial charge on any atom is -0.325 e. The third-order valence-electron chi connectivity index (χ3n) is 4.40. The zero-order valence-corrected chi connectivity index (χ0v) is 15.4. The maximum atomic E-state index is 12.4. The SMILES string of the molecule is CCc1ccc(NC(=O)C(C#N)C(=O)/C=C/c2cccc3cccnc23)cc1. The minimum absolute atomic E-state index is 0.553. The Bertz CT molecular complexity index is 1070. The van der Waals surface area contributed by atoms with Crippen LogP contribution in [-0.2, 0) is 16.0 Å². The number of amides is 1. The Balaban J connectivity index is 1.74. The molecule has 0 bridgehead atoms. The summed E-state index contributed by atoms with van der Waals surface area (Å²) in [5.74, 6) is -2.62. The third-order valence-corrected chi connectivity index (χ3v) is 4.40. The minimum atomic E-state index is -1.41. The number of aromatic nitrogens is 1. The lowest BCUT2D eigenvalue weighted by atomic mass is 10.0. The Labute approximate surface area is 163 Å². The van der Waals surface area contributed by atoms with E-state index in [4.69, 9.17) is 0 Å². The summed E-state index contributed by atoms with van der Waals surface area (Å²) in [4.78, 5) is 29.1. The van der Waals surface area contributed by atoms with E-state index in [2.05, 4.69) is 10.3 Å². The van der Waals surface area contributed by atoms with Gasteiger partial charge < -0.3 is 5.32 Å². The first-order chi connectivity index (χ1) is 13.6. The van der Waals surface area contributed by atoms with E-state index < -0.39 is 17.6 Å². The maximum absolute atomic E-state index is 12.4. The number of hydrogen-bond donors (Lipinski definition) is 1. The number of hydrogen-bond acceptors (Lipinski definition) is 4. The van der Waals surface area contributed by atoms with Gasteiger partial charge in [0.1, 0.15) is 0 Å². The molecular weight excluding hydrogens is 350 g/mol. The van der Waals surface area contributed by atoms with E-state index in [1.807, 2.05) is 49.4 Å². The Morgan fingerprint density at radius 2 is 1.89 bits per heavy atom. The number of allylic oxidation sites excluding steroid dienone is 1. The first kappa shape index (κ1) is 19.0. The summed E-state index contributed by atoms with van der Waals surface area (Å²) in [7, 11) is 0. The van der Waals surface area contributed by atoms with Gasteiger partial charge in [-0.3, -0.25) is 14.6 Å². The lowest BCUT2D eigenvalue weighted by Crippen LogP contribution is -2.27. The number of carbonyl (C=O) groups excluding carboxylic acids is 2. The molecule has 1 N–H and O–H groups in total. The molecule has 3 rings (SSSR count). The number of ketones is 1. The van der Waals surface area contributed by atoms with E-state index in [1.54, 1.807) is 30.5 Å². The highest BCUT2D eigenvalue weighted by Gasteiger charge is 2.24. The predicted octanol–water partition coefficient (Wildman–Crippen LogP) is 4.16. The van der Waals surface area contributed by atoms with Crippen LogP contribution in [0, 0.1) is 17.2 Å². The molecular formula is C23H19N3O2. The molecule has 0 radical (unpaired) electrons. The highest BCUT2D eigenvalue weighted by molar-refractivity contribution is 6.14. The van der Waals surface area contributed by atoms with Crippen LogP contribution in [0.5, 0.6) is 0 Å². The molecule has 0 aliphatic rings. The normalized spacial score (nSPS) is 11.9. The molecule has 0 saturated carbocycles. The van der Waals surface area contributed by atoms with Crippen LogP contribution in [0.2, 0.25) is 0 Å². The van der Waals surface area contributed by atoms with Gasteiger partial charge in [-0.05, 0) is 42.3 Å². The largest absolute Gasteiger partial charge is 0.325 e. The van der Waals surface area contributed by atoms with Gasteiger partial charge in [0.15, 0.2) is 11.7 Å². The fourth-order valence-electron chi connectivity index (χ4n) is 2.82. The van der Waals surface area contributed by atoms with Gasteiger partial charge in [0.2, 0.25) is 5.91 Å². The molecule has 1 unspecified atom stereocenters. The van der Waals surface area contributed by atoms with Crippen LogP contribution in [0.25, 0.3) is 17.0 Å². The topological polar surface area (TPSA) is 82.9 Å². The number of carbonyl (C=O) groups is 2. The molecule has 1 atom stereocenters. The first-order valence-electron chi connectivity index (χ1n) is 8.97. The van der Waals surface area contributed by atoms with Gasteiger partial charge in [-0.1, -0.05) is 43.3 Å². The molecule has 2 aromatic carbocycles. The Morgan fingerprint density at radius 1 is 1.14 bits per heavy atom. The summed E-state index contributed by atoms with van der Waals surface area (Å²) in [6.07, 6.45) is 5.42. The van der Waals surface area contributed by atoms with Crippen molar-refractivity contribution >= 4 is 34.4 Å². The highest BCUT2D eigenvalue weighted by Crippen LogP contribution is 2.18. The van der Waals surface area contributed by atoms with Gasteiger partial charge in [-0.15, -0.1) is 0 Å². The lowest BCUT2D eigenvalue weighted by molar-refractivity contribution is -0.126. The molecule has 0 saturated heterocycles. The smallest absolute Gasteiger partial charge is 0.249 e. The van der Waals surface area contributed by atoms with Crippen LogP contribution in [0.1, 0.15) is 18.1 Å². The average Bonchev–Trinajstić information content (AvgIpc) is 2.73. The van der Waals surface area contributed by atoms with E-state index >= 15 is 0 Å². The van der Waals surface area contributed by atoms with Crippen molar-refractivity contribution in [3.8, 4) is 6.07 Å². The second kappa shape index (κ2) is 8.74. The Morgan fingerprint density at radius 3 is 2.61 bits per heavy atom. The van der Waals surface area contributed by atoms with E-state index in [-0.39, 0.29) is 0 Å². The fourth-order valence-corrected chi connectivity index (χ4v) is 2.82. The summed E-state index contributed by atoms with van der Waals surface area (Å²) in [6, 6.07) is 18.5. The number of nitrogens with zero attached hydrogens (tertiary/aromatic N) is 2. The number of pyridine rings is 1. The standard InChI is InChI=1S/C23H19N3O2/c1-2-16-8-11-19(12-9-16)26-23(28)20(15-24)21(27)13-10-18-6-3-5-17-7-4-14-25-22(17)18/h3-14,20H,2H2,1H3,(H,26,28)/b13-10+. The van der Waals surface area contributed by atoms with Crippen molar-refractivity contribution in [2.75, 3.05) is 5.32 Å². The van der Waals surface area contributed by atoms with Crippen molar-refractivity contribution in [2.45, 2.75) is 13.3 Å². The molecule has 5 nitrogen and oxygen atoms in total. The zero-order valence-electron chi connectivity index (χ0n) is 15.4. The van der Waals surface area contributed by atoms with Gasteiger partial charge in [-0.2, -0.15) is 5.26 Å². The number of rotatable bonds is 6. The molecule has 0 aliphatic heterocycles. The van der Waals surface area contributed by atoms with Crippen LogP contribution in [0.3, 0.4) is 0 Å². The first-order valence-corrected chi connectivity index (χ1v) is 8.97. The second-order valence-corrected chi connectivity index (χ2v) is 6.26. The van der Waals surface area contributed by atoms with Crippen LogP contribution in [0.15, 0.2) is 66.9 Å². The van der Waals surface area contributed by atoms with Crippen molar-refractivity contribution in [3.05, 3.63) is 78.0 Å². The molecule has 0 spiro atoms. The second-order valence-electron chi connectivity index (χ2n) is 6.26. The molecule has 1 amide bonds. The van der Waals surface area contributed by atoms with Crippen molar-refractivity contribution in [2.24, 2.45) is 5.92 Å². The molecule has 0 aliphatic carbocycles. The van der Waals surface area contributed by atoms with Crippen molar-refractivity contribution in [1.29, 1.82) is 5.26 Å². The number of aryl methyl sites for hydroxylation is 1.